The van der Waals surface area contributed by atoms with Crippen molar-refractivity contribution in [3.05, 3.63) is 75.2 Å². The first kappa shape index (κ1) is 22.5. The molecule has 0 radical (unpaired) electrons. The molecule has 3 aromatic rings. The van der Waals surface area contributed by atoms with Crippen LogP contribution < -0.4 is 16.4 Å². The molecular weight excluding hydrogens is 446 g/mol. The predicted molar refractivity (Wildman–Crippen MR) is 122 cm³/mol. The lowest BCUT2D eigenvalue weighted by atomic mass is 10.1. The van der Waals surface area contributed by atoms with E-state index in [4.69, 9.17) is 11.6 Å². The van der Waals surface area contributed by atoms with Gasteiger partial charge in [-0.25, -0.2) is 4.68 Å². The van der Waals surface area contributed by atoms with E-state index in [1.54, 1.807) is 48.2 Å². The van der Waals surface area contributed by atoms with Gasteiger partial charge in [-0.15, -0.1) is 0 Å². The SMILES string of the molecule is CCn1nc(C(=O)NNC(=O)[C@@H]2CC(=O)N(Cc3ccccc3Cl)C2)c2ccccc2c1=O. The second-order valence-electron chi connectivity index (χ2n) is 7.73. The van der Waals surface area contributed by atoms with Gasteiger partial charge in [0.25, 0.3) is 11.5 Å². The zero-order valence-corrected chi connectivity index (χ0v) is 18.6. The highest BCUT2D eigenvalue weighted by atomic mass is 35.5. The average molecular weight is 468 g/mol. The van der Waals surface area contributed by atoms with E-state index in [-0.39, 0.29) is 30.1 Å². The number of nitrogens with one attached hydrogen (secondary N) is 2. The number of halogens is 1. The Morgan fingerprint density at radius 1 is 1.06 bits per heavy atom. The summed E-state index contributed by atoms with van der Waals surface area (Å²) in [6.07, 6.45) is 0.0358. The fourth-order valence-corrected chi connectivity index (χ4v) is 4.03. The number of aromatic nitrogens is 2. The van der Waals surface area contributed by atoms with Gasteiger partial charge in [-0.2, -0.15) is 5.10 Å². The molecule has 0 unspecified atom stereocenters. The third-order valence-corrected chi connectivity index (χ3v) is 5.95. The number of aryl methyl sites for hydroxylation is 1. The number of hydrazine groups is 1. The Morgan fingerprint density at radius 3 is 2.48 bits per heavy atom. The van der Waals surface area contributed by atoms with Crippen molar-refractivity contribution in [3.8, 4) is 0 Å². The number of hydrogen-bond acceptors (Lipinski definition) is 5. The molecule has 2 aromatic carbocycles. The van der Waals surface area contributed by atoms with Crippen molar-refractivity contribution in [2.24, 2.45) is 5.92 Å². The van der Waals surface area contributed by atoms with Gasteiger partial charge in [0.1, 0.15) is 0 Å². The lowest BCUT2D eigenvalue weighted by Gasteiger charge is -2.17. The second-order valence-corrected chi connectivity index (χ2v) is 8.13. The van der Waals surface area contributed by atoms with Gasteiger partial charge < -0.3 is 4.90 Å². The van der Waals surface area contributed by atoms with Crippen molar-refractivity contribution in [3.63, 3.8) is 0 Å². The van der Waals surface area contributed by atoms with Crippen molar-refractivity contribution >= 4 is 40.1 Å². The number of fused-ring (bicyclic) bond motifs is 1. The van der Waals surface area contributed by atoms with Crippen LogP contribution in [-0.4, -0.2) is 38.9 Å². The second kappa shape index (κ2) is 9.41. The highest BCUT2D eigenvalue weighted by Gasteiger charge is 2.34. The number of nitrogens with zero attached hydrogens (tertiary/aromatic N) is 3. The Bertz CT molecular complexity index is 1310. The molecule has 0 aliphatic carbocycles. The maximum atomic E-state index is 12.8. The lowest BCUT2D eigenvalue weighted by molar-refractivity contribution is -0.129. The molecule has 170 valence electrons. The molecule has 1 aromatic heterocycles. The summed E-state index contributed by atoms with van der Waals surface area (Å²) in [4.78, 5) is 51.8. The summed E-state index contributed by atoms with van der Waals surface area (Å²) >= 11 is 6.17. The molecule has 1 aliphatic rings. The van der Waals surface area contributed by atoms with Gasteiger partial charge in [-0.1, -0.05) is 48.0 Å². The first-order chi connectivity index (χ1) is 15.9. The van der Waals surface area contributed by atoms with Gasteiger partial charge in [-0.05, 0) is 24.6 Å². The van der Waals surface area contributed by atoms with E-state index >= 15 is 0 Å². The van der Waals surface area contributed by atoms with Gasteiger partial charge in [0.15, 0.2) is 5.69 Å². The number of hydrogen-bond donors (Lipinski definition) is 2. The zero-order chi connectivity index (χ0) is 23.5. The summed E-state index contributed by atoms with van der Waals surface area (Å²) in [5.41, 5.74) is 5.27. The van der Waals surface area contributed by atoms with Crippen LogP contribution in [-0.2, 0) is 22.7 Å². The molecule has 0 saturated carbocycles. The van der Waals surface area contributed by atoms with Crippen LogP contribution in [0, 0.1) is 5.92 Å². The summed E-state index contributed by atoms with van der Waals surface area (Å²) in [7, 11) is 0. The molecule has 10 heteroatoms. The minimum Gasteiger partial charge on any atom is -0.337 e. The van der Waals surface area contributed by atoms with Gasteiger partial charge in [-0.3, -0.25) is 30.0 Å². The molecule has 1 saturated heterocycles. The van der Waals surface area contributed by atoms with Gasteiger partial charge in [0, 0.05) is 36.5 Å². The van der Waals surface area contributed by atoms with Crippen LogP contribution in [0.2, 0.25) is 5.02 Å². The Hall–Kier alpha value is -3.72. The molecule has 9 nitrogen and oxygen atoms in total. The summed E-state index contributed by atoms with van der Waals surface area (Å²) in [6, 6.07) is 13.9. The number of carbonyl (C=O) groups excluding carboxylic acids is 3. The van der Waals surface area contributed by atoms with Crippen molar-refractivity contribution in [1.82, 2.24) is 25.5 Å². The third-order valence-electron chi connectivity index (χ3n) is 5.59. The van der Waals surface area contributed by atoms with Crippen LogP contribution in [0.1, 0.15) is 29.4 Å². The first-order valence-electron chi connectivity index (χ1n) is 10.5. The van der Waals surface area contributed by atoms with Crippen LogP contribution in [0.3, 0.4) is 0 Å². The van der Waals surface area contributed by atoms with Crippen LogP contribution in [0.4, 0.5) is 0 Å². The van der Waals surface area contributed by atoms with Crippen molar-refractivity contribution in [2.75, 3.05) is 6.54 Å². The molecule has 2 heterocycles. The van der Waals surface area contributed by atoms with Crippen molar-refractivity contribution in [2.45, 2.75) is 26.4 Å². The zero-order valence-electron chi connectivity index (χ0n) is 17.9. The molecule has 0 bridgehead atoms. The quantitative estimate of drug-likeness (QED) is 0.556. The summed E-state index contributed by atoms with van der Waals surface area (Å²) in [5, 5.41) is 5.45. The Morgan fingerprint density at radius 2 is 1.76 bits per heavy atom. The Balaban J connectivity index is 1.43. The number of likely N-dealkylation sites (tertiary alicyclic amines) is 1. The Kier molecular flexibility index (Phi) is 6.41. The lowest BCUT2D eigenvalue weighted by Crippen LogP contribution is -2.45. The largest absolute Gasteiger partial charge is 0.337 e. The van der Waals surface area contributed by atoms with Crippen molar-refractivity contribution in [1.29, 1.82) is 0 Å². The molecule has 4 rings (SSSR count). The molecule has 1 atom stereocenters. The van der Waals surface area contributed by atoms with E-state index in [0.29, 0.717) is 28.9 Å². The van der Waals surface area contributed by atoms with E-state index in [9.17, 15) is 19.2 Å². The molecule has 1 aliphatic heterocycles. The maximum absolute atomic E-state index is 12.8. The average Bonchev–Trinajstić information content (AvgIpc) is 3.19. The number of rotatable bonds is 5. The van der Waals surface area contributed by atoms with Crippen LogP contribution in [0.15, 0.2) is 53.3 Å². The molecule has 3 amide bonds. The van der Waals surface area contributed by atoms with Crippen LogP contribution in [0.25, 0.3) is 10.8 Å². The summed E-state index contributed by atoms with van der Waals surface area (Å²) in [6.45, 7) is 2.57. The summed E-state index contributed by atoms with van der Waals surface area (Å²) in [5.74, 6) is -1.91. The monoisotopic (exact) mass is 467 g/mol. The topological polar surface area (TPSA) is 113 Å². The molecule has 2 N–H and O–H groups in total. The highest BCUT2D eigenvalue weighted by Crippen LogP contribution is 2.23. The third kappa shape index (κ3) is 4.58. The smallest absolute Gasteiger partial charge is 0.290 e. The van der Waals surface area contributed by atoms with E-state index in [0.717, 1.165) is 5.56 Å². The van der Waals surface area contributed by atoms with Gasteiger partial charge in [0.2, 0.25) is 11.8 Å². The first-order valence-corrected chi connectivity index (χ1v) is 10.9. The van der Waals surface area contributed by atoms with Crippen LogP contribution in [0.5, 0.6) is 0 Å². The van der Waals surface area contributed by atoms with Crippen LogP contribution >= 0.6 is 11.6 Å². The minimum absolute atomic E-state index is 0.0233. The molecule has 33 heavy (non-hydrogen) atoms. The predicted octanol–water partition coefficient (Wildman–Crippen LogP) is 1.88. The number of amides is 3. The molecule has 1 fully saturated rings. The van der Waals surface area contributed by atoms with E-state index in [1.165, 1.54) is 4.68 Å². The fourth-order valence-electron chi connectivity index (χ4n) is 3.83. The number of carbonyl (C=O) groups is 3. The summed E-state index contributed by atoms with van der Waals surface area (Å²) < 4.78 is 1.20. The Labute approximate surface area is 194 Å². The minimum atomic E-state index is -0.654. The van der Waals surface area contributed by atoms with E-state index in [1.807, 2.05) is 12.1 Å². The molecular formula is C23H22ClN5O4. The van der Waals surface area contributed by atoms with Gasteiger partial charge in [0.05, 0.1) is 11.3 Å². The van der Waals surface area contributed by atoms with Gasteiger partial charge >= 0.3 is 0 Å². The van der Waals surface area contributed by atoms with E-state index < -0.39 is 17.7 Å². The standard InChI is InChI=1S/C23H22ClN5O4/c1-2-29-23(33)17-9-5-4-8-16(17)20(27-29)22(32)26-25-21(31)15-11-19(30)28(13-15)12-14-7-3-6-10-18(14)24/h3-10,15H,2,11-13H2,1H3,(H,25,31)(H,26,32)/t15-/m1/s1. The van der Waals surface area contributed by atoms with Crippen molar-refractivity contribution < 1.29 is 14.4 Å². The maximum Gasteiger partial charge on any atom is 0.290 e. The fraction of sp³-hybridized carbons (Fsp3) is 0.261. The normalized spacial score (nSPS) is 15.6. The number of benzene rings is 2. The highest BCUT2D eigenvalue weighted by molar-refractivity contribution is 6.31. The molecule has 0 spiro atoms. The van der Waals surface area contributed by atoms with E-state index in [2.05, 4.69) is 16.0 Å².